The molecule has 1 aromatic heterocycles. The molecule has 0 aliphatic heterocycles. The van der Waals surface area contributed by atoms with E-state index in [1.165, 1.54) is 4.68 Å². The highest BCUT2D eigenvalue weighted by molar-refractivity contribution is 5.86. The van der Waals surface area contributed by atoms with Crippen molar-refractivity contribution in [3.8, 4) is 0 Å². The largest absolute Gasteiger partial charge is 0.368 e. The zero-order chi connectivity index (χ0) is 15.2. The van der Waals surface area contributed by atoms with Gasteiger partial charge in [-0.1, -0.05) is 30.3 Å². The van der Waals surface area contributed by atoms with Crippen LogP contribution in [0.4, 0.5) is 0 Å². The summed E-state index contributed by atoms with van der Waals surface area (Å²) < 4.78 is 1.52. The smallest absolute Gasteiger partial charge is 0.242 e. The highest BCUT2D eigenvalue weighted by Crippen LogP contribution is 2.03. The molecule has 1 heterocycles. The van der Waals surface area contributed by atoms with E-state index in [0.717, 1.165) is 11.1 Å². The maximum atomic E-state index is 11.9. The minimum Gasteiger partial charge on any atom is -0.368 e. The normalized spacial score (nSPS) is 11.9. The lowest BCUT2D eigenvalue weighted by molar-refractivity contribution is -0.127. The van der Waals surface area contributed by atoms with Crippen LogP contribution in [0, 0.1) is 6.92 Å². The van der Waals surface area contributed by atoms with Crippen molar-refractivity contribution in [2.75, 3.05) is 0 Å². The molecule has 0 saturated heterocycles. The van der Waals surface area contributed by atoms with E-state index in [1.54, 1.807) is 12.4 Å². The summed E-state index contributed by atoms with van der Waals surface area (Å²) >= 11 is 0. The molecule has 0 spiro atoms. The Morgan fingerprint density at radius 3 is 2.62 bits per heavy atom. The summed E-state index contributed by atoms with van der Waals surface area (Å²) in [7, 11) is 0. The van der Waals surface area contributed by atoms with Crippen molar-refractivity contribution in [2.45, 2.75) is 25.9 Å². The van der Waals surface area contributed by atoms with Crippen LogP contribution >= 0.6 is 0 Å². The summed E-state index contributed by atoms with van der Waals surface area (Å²) in [5.74, 6) is -0.846. The van der Waals surface area contributed by atoms with Gasteiger partial charge in [-0.25, -0.2) is 0 Å². The zero-order valence-electron chi connectivity index (χ0n) is 11.8. The van der Waals surface area contributed by atoms with Crippen LogP contribution in [0.25, 0.3) is 0 Å². The van der Waals surface area contributed by atoms with E-state index in [1.807, 2.05) is 37.3 Å². The SMILES string of the molecule is Cc1cnn(CC(=O)N[C@H](Cc2ccccc2)C(N)=O)c1. The van der Waals surface area contributed by atoms with E-state index in [-0.39, 0.29) is 12.5 Å². The number of amides is 2. The Morgan fingerprint density at radius 1 is 1.33 bits per heavy atom. The predicted molar refractivity (Wildman–Crippen MR) is 78.2 cm³/mol. The van der Waals surface area contributed by atoms with Crippen LogP contribution in [0.5, 0.6) is 0 Å². The molecule has 21 heavy (non-hydrogen) atoms. The number of aromatic nitrogens is 2. The van der Waals surface area contributed by atoms with Gasteiger partial charge in [0.1, 0.15) is 12.6 Å². The molecule has 0 saturated carbocycles. The molecule has 6 heteroatoms. The zero-order valence-corrected chi connectivity index (χ0v) is 11.8. The van der Waals surface area contributed by atoms with Crippen LogP contribution in [0.3, 0.4) is 0 Å². The van der Waals surface area contributed by atoms with Crippen molar-refractivity contribution in [3.63, 3.8) is 0 Å². The predicted octanol–water partition coefficient (Wildman–Crippen LogP) is 0.404. The van der Waals surface area contributed by atoms with Crippen molar-refractivity contribution in [3.05, 3.63) is 53.9 Å². The third-order valence-electron chi connectivity index (χ3n) is 3.03. The Morgan fingerprint density at radius 2 is 2.05 bits per heavy atom. The maximum absolute atomic E-state index is 11.9. The molecule has 1 atom stereocenters. The molecule has 0 aliphatic rings. The second kappa shape index (κ2) is 6.69. The van der Waals surface area contributed by atoms with Gasteiger partial charge < -0.3 is 11.1 Å². The van der Waals surface area contributed by atoms with Crippen LogP contribution < -0.4 is 11.1 Å². The number of carbonyl (C=O) groups excluding carboxylic acids is 2. The Bertz CT molecular complexity index is 622. The highest BCUT2D eigenvalue weighted by atomic mass is 16.2. The third-order valence-corrected chi connectivity index (χ3v) is 3.03. The summed E-state index contributed by atoms with van der Waals surface area (Å²) in [6.45, 7) is 1.95. The van der Waals surface area contributed by atoms with Gasteiger partial charge in [-0.05, 0) is 18.1 Å². The molecule has 0 radical (unpaired) electrons. The van der Waals surface area contributed by atoms with Crippen LogP contribution in [0.2, 0.25) is 0 Å². The third kappa shape index (κ3) is 4.45. The summed E-state index contributed by atoms with van der Waals surface area (Å²) in [4.78, 5) is 23.4. The van der Waals surface area contributed by atoms with Gasteiger partial charge in [0.15, 0.2) is 0 Å². The van der Waals surface area contributed by atoms with Crippen LogP contribution in [-0.2, 0) is 22.6 Å². The van der Waals surface area contributed by atoms with E-state index in [9.17, 15) is 9.59 Å². The summed E-state index contributed by atoms with van der Waals surface area (Å²) in [5, 5.41) is 6.68. The number of primary amides is 1. The average molecular weight is 286 g/mol. The summed E-state index contributed by atoms with van der Waals surface area (Å²) in [5.41, 5.74) is 7.27. The second-order valence-electron chi connectivity index (χ2n) is 4.93. The van der Waals surface area contributed by atoms with Gasteiger partial charge in [-0.15, -0.1) is 0 Å². The lowest BCUT2D eigenvalue weighted by Crippen LogP contribution is -2.46. The molecule has 6 nitrogen and oxygen atoms in total. The van der Waals surface area contributed by atoms with Crippen molar-refractivity contribution in [2.24, 2.45) is 5.73 Å². The number of hydrogen-bond donors (Lipinski definition) is 2. The molecule has 0 bridgehead atoms. The number of benzene rings is 1. The van der Waals surface area contributed by atoms with Crippen molar-refractivity contribution in [1.29, 1.82) is 0 Å². The van der Waals surface area contributed by atoms with Gasteiger partial charge in [-0.2, -0.15) is 5.10 Å². The molecular weight excluding hydrogens is 268 g/mol. The van der Waals surface area contributed by atoms with Gasteiger partial charge in [0.05, 0.1) is 6.20 Å². The molecule has 3 N–H and O–H groups in total. The van der Waals surface area contributed by atoms with E-state index < -0.39 is 11.9 Å². The molecule has 1 aromatic carbocycles. The first kappa shape index (κ1) is 14.8. The molecule has 110 valence electrons. The first-order valence-corrected chi connectivity index (χ1v) is 6.66. The Balaban J connectivity index is 1.96. The fraction of sp³-hybridized carbons (Fsp3) is 0.267. The molecule has 0 fully saturated rings. The van der Waals surface area contributed by atoms with Gasteiger partial charge in [0.2, 0.25) is 11.8 Å². The number of nitrogens with zero attached hydrogens (tertiary/aromatic N) is 2. The Labute approximate surface area is 122 Å². The number of carbonyl (C=O) groups is 2. The van der Waals surface area contributed by atoms with Crippen molar-refractivity contribution in [1.82, 2.24) is 15.1 Å². The Hall–Kier alpha value is -2.63. The number of nitrogens with two attached hydrogens (primary N) is 1. The number of rotatable bonds is 6. The van der Waals surface area contributed by atoms with E-state index in [4.69, 9.17) is 5.73 Å². The fourth-order valence-electron chi connectivity index (χ4n) is 2.01. The monoisotopic (exact) mass is 286 g/mol. The molecular formula is C15H18N4O2. The Kier molecular flexibility index (Phi) is 4.71. The fourth-order valence-corrected chi connectivity index (χ4v) is 2.01. The quantitative estimate of drug-likeness (QED) is 0.805. The van der Waals surface area contributed by atoms with Crippen LogP contribution in [0.1, 0.15) is 11.1 Å². The summed E-state index contributed by atoms with van der Waals surface area (Å²) in [6, 6.07) is 8.69. The highest BCUT2D eigenvalue weighted by Gasteiger charge is 2.18. The van der Waals surface area contributed by atoms with E-state index in [2.05, 4.69) is 10.4 Å². The lowest BCUT2D eigenvalue weighted by atomic mass is 10.1. The molecule has 2 aromatic rings. The molecule has 2 amide bonds. The number of hydrogen-bond acceptors (Lipinski definition) is 3. The van der Waals surface area contributed by atoms with Gasteiger partial charge in [0.25, 0.3) is 0 Å². The molecule has 0 aliphatic carbocycles. The topological polar surface area (TPSA) is 90.0 Å². The number of aryl methyl sites for hydroxylation is 1. The first-order chi connectivity index (χ1) is 10.0. The van der Waals surface area contributed by atoms with E-state index >= 15 is 0 Å². The van der Waals surface area contributed by atoms with Crippen LogP contribution in [0.15, 0.2) is 42.7 Å². The lowest BCUT2D eigenvalue weighted by Gasteiger charge is -2.15. The van der Waals surface area contributed by atoms with Crippen molar-refractivity contribution < 1.29 is 9.59 Å². The minimum atomic E-state index is -0.725. The summed E-state index contributed by atoms with van der Waals surface area (Å²) in [6.07, 6.45) is 3.80. The molecule has 2 rings (SSSR count). The second-order valence-corrected chi connectivity index (χ2v) is 4.93. The minimum absolute atomic E-state index is 0.0619. The first-order valence-electron chi connectivity index (χ1n) is 6.66. The average Bonchev–Trinajstić information content (AvgIpc) is 2.84. The van der Waals surface area contributed by atoms with Gasteiger partial charge >= 0.3 is 0 Å². The van der Waals surface area contributed by atoms with Gasteiger partial charge in [-0.3, -0.25) is 14.3 Å². The maximum Gasteiger partial charge on any atom is 0.242 e. The molecule has 0 unspecified atom stereocenters. The standard InChI is InChI=1S/C15H18N4O2/c1-11-8-17-19(9-11)10-14(20)18-13(15(16)21)7-12-5-3-2-4-6-12/h2-6,8-9,13H,7,10H2,1H3,(H2,16,21)(H,18,20)/t13-/m1/s1. The van der Waals surface area contributed by atoms with Gasteiger partial charge in [0, 0.05) is 12.6 Å². The van der Waals surface area contributed by atoms with Crippen molar-refractivity contribution >= 4 is 11.8 Å². The van der Waals surface area contributed by atoms with Crippen LogP contribution in [-0.4, -0.2) is 27.6 Å². The number of nitrogens with one attached hydrogen (secondary N) is 1. The van der Waals surface area contributed by atoms with E-state index in [0.29, 0.717) is 6.42 Å².